The van der Waals surface area contributed by atoms with Gasteiger partial charge < -0.3 is 34.3 Å². The van der Waals surface area contributed by atoms with Crippen LogP contribution in [0.5, 0.6) is 0 Å². The first-order chi connectivity index (χ1) is 22.1. The predicted molar refractivity (Wildman–Crippen MR) is 174 cm³/mol. The van der Waals surface area contributed by atoms with Gasteiger partial charge in [0.2, 0.25) is 0 Å². The van der Waals surface area contributed by atoms with Crippen LogP contribution in [-0.4, -0.2) is 97.5 Å². The van der Waals surface area contributed by atoms with Crippen LogP contribution in [0.4, 0.5) is 0 Å². The first-order valence-electron chi connectivity index (χ1n) is 17.1. The number of ether oxygens (including phenoxy) is 4. The first-order valence-corrected chi connectivity index (χ1v) is 18.5. The van der Waals surface area contributed by atoms with Crippen LogP contribution in [-0.2, 0) is 38.3 Å². The highest BCUT2D eigenvalue weighted by Crippen LogP contribution is 2.26. The van der Waals surface area contributed by atoms with Crippen LogP contribution in [0, 0.1) is 0 Å². The molecular formula is C33H60O12S. The van der Waals surface area contributed by atoms with Gasteiger partial charge in [0.05, 0.1) is 19.8 Å². The van der Waals surface area contributed by atoms with Crippen molar-refractivity contribution in [2.45, 2.75) is 153 Å². The van der Waals surface area contributed by atoms with Crippen molar-refractivity contribution in [3.05, 3.63) is 24.3 Å². The van der Waals surface area contributed by atoms with Crippen molar-refractivity contribution < 1.29 is 56.2 Å². The fourth-order valence-electron chi connectivity index (χ4n) is 4.93. The van der Waals surface area contributed by atoms with E-state index in [1.54, 1.807) is 0 Å². The maximum atomic E-state index is 12.4. The average molecular weight is 681 g/mol. The van der Waals surface area contributed by atoms with E-state index in [1.807, 2.05) is 6.92 Å². The molecule has 13 heteroatoms. The zero-order valence-corrected chi connectivity index (χ0v) is 28.7. The van der Waals surface area contributed by atoms with Crippen LogP contribution in [0.2, 0.25) is 0 Å². The molecule has 1 aliphatic heterocycles. The molecule has 0 spiro atoms. The van der Waals surface area contributed by atoms with Crippen molar-refractivity contribution in [1.29, 1.82) is 0 Å². The maximum Gasteiger partial charge on any atom is 0.397 e. The molecule has 1 rings (SSSR count). The van der Waals surface area contributed by atoms with E-state index in [0.29, 0.717) is 13.0 Å². The number of esters is 1. The number of aliphatic hydroxyl groups is 3. The monoisotopic (exact) mass is 680 g/mol. The Balaban J connectivity index is 2.41. The summed E-state index contributed by atoms with van der Waals surface area (Å²) in [6.07, 6.45) is 16.1. The summed E-state index contributed by atoms with van der Waals surface area (Å²) in [5.41, 5.74) is 0. The van der Waals surface area contributed by atoms with Crippen LogP contribution in [0.15, 0.2) is 24.3 Å². The lowest BCUT2D eigenvalue weighted by Crippen LogP contribution is -2.60. The van der Waals surface area contributed by atoms with Crippen molar-refractivity contribution in [2.24, 2.45) is 0 Å². The molecule has 1 saturated heterocycles. The van der Waals surface area contributed by atoms with Gasteiger partial charge in [-0.25, -0.2) is 4.18 Å². The van der Waals surface area contributed by atoms with Crippen molar-refractivity contribution >= 4 is 16.4 Å². The number of rotatable bonds is 28. The first kappa shape index (κ1) is 42.6. The Kier molecular flexibility index (Phi) is 24.6. The summed E-state index contributed by atoms with van der Waals surface area (Å²) < 4.78 is 58.1. The standard InChI is InChI=1S/C33H60O12S/c1-3-5-7-8-9-10-11-12-13-14-15-16-17-18-19-21-23-41-25-27(43-29(35)22-20-6-4-2)26-42-33-31(37)32(45-46(38,39)40)30(36)28(24-34)44-33/h9-10,12-13,27-28,30-34,36-37H,3-8,11,14-26H2,1-2H3,(H,38,39,40)/b10-9-,13-12-. The van der Waals surface area contributed by atoms with E-state index in [0.717, 1.165) is 51.4 Å². The van der Waals surface area contributed by atoms with E-state index in [9.17, 15) is 28.5 Å². The molecule has 0 amide bonds. The highest BCUT2D eigenvalue weighted by molar-refractivity contribution is 7.80. The van der Waals surface area contributed by atoms with Gasteiger partial charge in [-0.3, -0.25) is 9.35 Å². The minimum absolute atomic E-state index is 0.0274. The van der Waals surface area contributed by atoms with Gasteiger partial charge in [-0.1, -0.05) is 89.5 Å². The van der Waals surface area contributed by atoms with Crippen LogP contribution >= 0.6 is 0 Å². The number of hydrogen-bond donors (Lipinski definition) is 4. The van der Waals surface area contributed by atoms with E-state index in [2.05, 4.69) is 35.4 Å². The van der Waals surface area contributed by atoms with E-state index >= 15 is 0 Å². The second-order valence-corrected chi connectivity index (χ2v) is 12.8. The van der Waals surface area contributed by atoms with Gasteiger partial charge >= 0.3 is 16.4 Å². The smallest absolute Gasteiger partial charge is 0.397 e. The number of allylic oxidation sites excluding steroid dienone is 4. The third-order valence-corrected chi connectivity index (χ3v) is 8.04. The normalized spacial score (nSPS) is 23.0. The molecule has 46 heavy (non-hydrogen) atoms. The van der Waals surface area contributed by atoms with Gasteiger partial charge in [0.25, 0.3) is 0 Å². The molecule has 12 nitrogen and oxygen atoms in total. The minimum atomic E-state index is -5.05. The zero-order valence-electron chi connectivity index (χ0n) is 27.9. The molecule has 6 unspecified atom stereocenters. The largest absolute Gasteiger partial charge is 0.457 e. The third-order valence-electron chi connectivity index (χ3n) is 7.58. The summed E-state index contributed by atoms with van der Waals surface area (Å²) in [4.78, 5) is 12.4. The number of unbranched alkanes of at least 4 members (excludes halogenated alkanes) is 11. The second-order valence-electron chi connectivity index (χ2n) is 11.8. The van der Waals surface area contributed by atoms with E-state index in [1.165, 1.54) is 38.5 Å². The SMILES string of the molecule is CCCCC/C=C\C/C=C\CCCCCCCCOCC(COC1OC(CO)C(O)C(OS(=O)(=O)O)C1O)OC(=O)CCCCC. The minimum Gasteiger partial charge on any atom is -0.457 e. The zero-order chi connectivity index (χ0) is 34.0. The number of carbonyl (C=O) groups is 1. The van der Waals surface area contributed by atoms with Crippen molar-refractivity contribution in [1.82, 2.24) is 0 Å². The molecule has 0 aromatic heterocycles. The summed E-state index contributed by atoms with van der Waals surface area (Å²) >= 11 is 0. The van der Waals surface area contributed by atoms with E-state index < -0.39 is 59.8 Å². The molecule has 1 aliphatic rings. The van der Waals surface area contributed by atoms with Crippen LogP contribution in [0.3, 0.4) is 0 Å². The number of hydrogen-bond acceptors (Lipinski definition) is 11. The van der Waals surface area contributed by atoms with Gasteiger partial charge in [-0.05, 0) is 44.9 Å². The molecule has 0 radical (unpaired) electrons. The topological polar surface area (TPSA) is 178 Å². The Hall–Kier alpha value is -1.42. The molecule has 0 aromatic carbocycles. The van der Waals surface area contributed by atoms with Gasteiger partial charge in [0.1, 0.15) is 30.5 Å². The van der Waals surface area contributed by atoms with Gasteiger partial charge in [-0.15, -0.1) is 0 Å². The predicted octanol–water partition coefficient (Wildman–Crippen LogP) is 4.95. The van der Waals surface area contributed by atoms with Crippen LogP contribution in [0.25, 0.3) is 0 Å². The molecule has 0 aromatic rings. The van der Waals surface area contributed by atoms with Gasteiger partial charge in [0, 0.05) is 13.0 Å². The van der Waals surface area contributed by atoms with Gasteiger partial charge in [-0.2, -0.15) is 8.42 Å². The fourth-order valence-corrected chi connectivity index (χ4v) is 5.44. The molecular weight excluding hydrogens is 620 g/mol. The molecule has 0 bridgehead atoms. The Labute approximate surface area is 276 Å². The fraction of sp³-hybridized carbons (Fsp3) is 0.848. The summed E-state index contributed by atoms with van der Waals surface area (Å²) in [6, 6.07) is 0. The summed E-state index contributed by atoms with van der Waals surface area (Å²) in [5.74, 6) is -0.430. The van der Waals surface area contributed by atoms with Crippen LogP contribution < -0.4 is 0 Å². The van der Waals surface area contributed by atoms with Crippen LogP contribution in [0.1, 0.15) is 117 Å². The quantitative estimate of drug-likeness (QED) is 0.0379. The lowest BCUT2D eigenvalue weighted by molar-refractivity contribution is -0.301. The number of aliphatic hydroxyl groups excluding tert-OH is 3. The highest BCUT2D eigenvalue weighted by atomic mass is 32.3. The Bertz CT molecular complexity index is 926. The van der Waals surface area contributed by atoms with Crippen molar-refractivity contribution in [3.8, 4) is 0 Å². The van der Waals surface area contributed by atoms with E-state index in [-0.39, 0.29) is 19.6 Å². The number of carbonyl (C=O) groups excluding carboxylic acids is 1. The Morgan fingerprint density at radius 2 is 1.43 bits per heavy atom. The summed E-state index contributed by atoms with van der Waals surface area (Å²) in [6.45, 7) is 3.71. The lowest BCUT2D eigenvalue weighted by atomic mass is 9.99. The maximum absolute atomic E-state index is 12.4. The third kappa shape index (κ3) is 20.7. The molecule has 0 saturated carbocycles. The lowest BCUT2D eigenvalue weighted by Gasteiger charge is -2.41. The van der Waals surface area contributed by atoms with Crippen molar-refractivity contribution in [3.63, 3.8) is 0 Å². The Morgan fingerprint density at radius 1 is 0.826 bits per heavy atom. The molecule has 270 valence electrons. The molecule has 4 N–H and O–H groups in total. The van der Waals surface area contributed by atoms with Gasteiger partial charge in [0.15, 0.2) is 6.29 Å². The summed E-state index contributed by atoms with van der Waals surface area (Å²) in [7, 11) is -5.05. The molecule has 1 heterocycles. The average Bonchev–Trinajstić information content (AvgIpc) is 3.01. The van der Waals surface area contributed by atoms with Crippen molar-refractivity contribution in [2.75, 3.05) is 26.4 Å². The molecule has 1 fully saturated rings. The highest BCUT2D eigenvalue weighted by Gasteiger charge is 2.48. The molecule has 0 aliphatic carbocycles. The van der Waals surface area contributed by atoms with E-state index in [4.69, 9.17) is 23.5 Å². The summed E-state index contributed by atoms with van der Waals surface area (Å²) in [5, 5.41) is 30.2. The molecule has 6 atom stereocenters. The Morgan fingerprint density at radius 3 is 2.07 bits per heavy atom. The second kappa shape index (κ2) is 26.5.